The molecule has 3 rings (SSSR count). The van der Waals surface area contributed by atoms with Crippen LogP contribution >= 0.6 is 0 Å². The van der Waals surface area contributed by atoms with Gasteiger partial charge in [-0.05, 0) is 17.7 Å². The van der Waals surface area contributed by atoms with E-state index in [-0.39, 0.29) is 37.0 Å². The molecule has 7 heteroatoms. The van der Waals surface area contributed by atoms with E-state index in [1.807, 2.05) is 30.3 Å². The molecular formula is C22H24FN3O3. The minimum atomic E-state index is -0.437. The van der Waals surface area contributed by atoms with Crippen molar-refractivity contribution in [1.29, 1.82) is 0 Å². The van der Waals surface area contributed by atoms with Crippen molar-refractivity contribution < 1.29 is 18.7 Å². The summed E-state index contributed by atoms with van der Waals surface area (Å²) in [5.74, 6) is -0.611. The van der Waals surface area contributed by atoms with Gasteiger partial charge >= 0.3 is 0 Å². The third kappa shape index (κ3) is 5.63. The number of halogens is 1. The van der Waals surface area contributed by atoms with Crippen LogP contribution in [0.3, 0.4) is 0 Å². The van der Waals surface area contributed by atoms with E-state index in [0.29, 0.717) is 19.5 Å². The molecule has 0 unspecified atom stereocenters. The quantitative estimate of drug-likeness (QED) is 0.688. The van der Waals surface area contributed by atoms with Crippen LogP contribution < -0.4 is 4.74 Å². The zero-order valence-electron chi connectivity index (χ0n) is 16.4. The van der Waals surface area contributed by atoms with Crippen LogP contribution in [-0.4, -0.2) is 54.2 Å². The van der Waals surface area contributed by atoms with E-state index in [2.05, 4.69) is 5.10 Å². The molecule has 1 aliphatic heterocycles. The second kappa shape index (κ2) is 9.82. The van der Waals surface area contributed by atoms with Gasteiger partial charge in [0, 0.05) is 26.3 Å². The number of rotatable bonds is 8. The molecule has 0 spiro atoms. The van der Waals surface area contributed by atoms with Crippen LogP contribution in [0.4, 0.5) is 4.39 Å². The highest BCUT2D eigenvalue weighted by atomic mass is 19.1. The standard InChI is InChI=1S/C22H24FN3O3/c1-25(15-16-29-20-10-6-5-9-18(20)23)21(27)11-12-22(28)26-14-13-19(24-26)17-7-3-2-4-8-17/h2-10H,11-16H2,1H3. The molecular weight excluding hydrogens is 373 g/mol. The lowest BCUT2D eigenvalue weighted by Crippen LogP contribution is -2.32. The van der Waals surface area contributed by atoms with Gasteiger partial charge in [0.05, 0.1) is 18.8 Å². The minimum absolute atomic E-state index is 0.0989. The Morgan fingerprint density at radius 3 is 2.59 bits per heavy atom. The van der Waals surface area contributed by atoms with E-state index >= 15 is 0 Å². The van der Waals surface area contributed by atoms with Crippen molar-refractivity contribution in [3.8, 4) is 5.75 Å². The zero-order chi connectivity index (χ0) is 20.6. The molecule has 0 atom stereocenters. The summed E-state index contributed by atoms with van der Waals surface area (Å²) in [7, 11) is 1.64. The Kier molecular flexibility index (Phi) is 6.94. The zero-order valence-corrected chi connectivity index (χ0v) is 16.4. The molecule has 29 heavy (non-hydrogen) atoms. The van der Waals surface area contributed by atoms with Crippen molar-refractivity contribution >= 4 is 17.5 Å². The number of para-hydroxylation sites is 1. The number of hydrogen-bond acceptors (Lipinski definition) is 4. The van der Waals surface area contributed by atoms with Crippen LogP contribution in [-0.2, 0) is 9.59 Å². The van der Waals surface area contributed by atoms with E-state index in [4.69, 9.17) is 4.74 Å². The first-order valence-corrected chi connectivity index (χ1v) is 9.59. The summed E-state index contributed by atoms with van der Waals surface area (Å²) < 4.78 is 18.9. The summed E-state index contributed by atoms with van der Waals surface area (Å²) >= 11 is 0. The molecule has 152 valence electrons. The summed E-state index contributed by atoms with van der Waals surface area (Å²) in [6.07, 6.45) is 0.904. The highest BCUT2D eigenvalue weighted by Gasteiger charge is 2.22. The third-order valence-electron chi connectivity index (χ3n) is 4.70. The Bertz CT molecular complexity index is 886. The maximum Gasteiger partial charge on any atom is 0.243 e. The second-order valence-electron chi connectivity index (χ2n) is 6.77. The molecule has 0 fully saturated rings. The normalized spacial score (nSPS) is 13.2. The summed E-state index contributed by atoms with van der Waals surface area (Å²) in [5, 5.41) is 5.83. The smallest absolute Gasteiger partial charge is 0.243 e. The minimum Gasteiger partial charge on any atom is -0.489 e. The number of ether oxygens (including phenoxy) is 1. The molecule has 0 saturated carbocycles. The van der Waals surface area contributed by atoms with Gasteiger partial charge in [-0.2, -0.15) is 5.10 Å². The Balaban J connectivity index is 1.41. The van der Waals surface area contributed by atoms with Gasteiger partial charge in [0.15, 0.2) is 11.6 Å². The molecule has 0 aromatic heterocycles. The Labute approximate surface area is 169 Å². The maximum atomic E-state index is 13.5. The predicted octanol–water partition coefficient (Wildman–Crippen LogP) is 3.08. The van der Waals surface area contributed by atoms with Gasteiger partial charge in [-0.1, -0.05) is 42.5 Å². The predicted molar refractivity (Wildman–Crippen MR) is 108 cm³/mol. The number of amides is 2. The molecule has 0 N–H and O–H groups in total. The molecule has 2 aromatic rings. The van der Waals surface area contributed by atoms with Crippen molar-refractivity contribution in [3.63, 3.8) is 0 Å². The topological polar surface area (TPSA) is 62.2 Å². The lowest BCUT2D eigenvalue weighted by atomic mass is 10.1. The monoisotopic (exact) mass is 397 g/mol. The van der Waals surface area contributed by atoms with Gasteiger partial charge < -0.3 is 9.64 Å². The Hall–Kier alpha value is -3.22. The van der Waals surface area contributed by atoms with Gasteiger partial charge in [-0.15, -0.1) is 0 Å². The van der Waals surface area contributed by atoms with E-state index in [1.165, 1.54) is 22.0 Å². The highest BCUT2D eigenvalue weighted by Crippen LogP contribution is 2.16. The molecule has 1 aliphatic rings. The average Bonchev–Trinajstić information content (AvgIpc) is 3.24. The lowest BCUT2D eigenvalue weighted by Gasteiger charge is -2.18. The Morgan fingerprint density at radius 2 is 1.83 bits per heavy atom. The maximum absolute atomic E-state index is 13.5. The number of benzene rings is 2. The van der Waals surface area contributed by atoms with Gasteiger partial charge in [0.1, 0.15) is 6.61 Å². The molecule has 2 aromatic carbocycles. The molecule has 6 nitrogen and oxygen atoms in total. The molecule has 1 heterocycles. The highest BCUT2D eigenvalue weighted by molar-refractivity contribution is 6.02. The summed E-state index contributed by atoms with van der Waals surface area (Å²) in [5.41, 5.74) is 1.89. The first-order valence-electron chi connectivity index (χ1n) is 9.59. The van der Waals surface area contributed by atoms with Crippen molar-refractivity contribution in [3.05, 3.63) is 66.0 Å². The number of likely N-dealkylation sites (N-methyl/N-ethyl adjacent to an activating group) is 1. The molecule has 2 amide bonds. The fourth-order valence-corrected chi connectivity index (χ4v) is 2.98. The van der Waals surface area contributed by atoms with Crippen molar-refractivity contribution in [1.82, 2.24) is 9.91 Å². The number of carbonyl (C=O) groups is 2. The summed E-state index contributed by atoms with van der Waals surface area (Å²) in [6, 6.07) is 15.9. The Morgan fingerprint density at radius 1 is 1.10 bits per heavy atom. The average molecular weight is 397 g/mol. The van der Waals surface area contributed by atoms with Crippen LogP contribution in [0.1, 0.15) is 24.8 Å². The SMILES string of the molecule is CN(CCOc1ccccc1F)C(=O)CCC(=O)N1CCC(c2ccccc2)=N1. The van der Waals surface area contributed by atoms with E-state index < -0.39 is 5.82 Å². The van der Waals surface area contributed by atoms with E-state index in [0.717, 1.165) is 11.3 Å². The third-order valence-corrected chi connectivity index (χ3v) is 4.70. The number of hydrazone groups is 1. The van der Waals surface area contributed by atoms with Crippen molar-refractivity contribution in [2.45, 2.75) is 19.3 Å². The van der Waals surface area contributed by atoms with Crippen molar-refractivity contribution in [2.75, 3.05) is 26.7 Å². The largest absolute Gasteiger partial charge is 0.489 e. The van der Waals surface area contributed by atoms with Crippen LogP contribution in [0.25, 0.3) is 0 Å². The van der Waals surface area contributed by atoms with Crippen LogP contribution in [0.2, 0.25) is 0 Å². The molecule has 0 saturated heterocycles. The first-order chi connectivity index (χ1) is 14.0. The number of hydrogen-bond donors (Lipinski definition) is 0. The van der Waals surface area contributed by atoms with E-state index in [9.17, 15) is 14.0 Å². The van der Waals surface area contributed by atoms with Crippen LogP contribution in [0.15, 0.2) is 59.7 Å². The lowest BCUT2D eigenvalue weighted by molar-refractivity contribution is -0.136. The summed E-state index contributed by atoms with van der Waals surface area (Å²) in [4.78, 5) is 26.1. The fraction of sp³-hybridized carbons (Fsp3) is 0.318. The van der Waals surface area contributed by atoms with Gasteiger partial charge in [0.2, 0.25) is 11.8 Å². The number of carbonyl (C=O) groups excluding carboxylic acids is 2. The van der Waals surface area contributed by atoms with Gasteiger partial charge in [-0.25, -0.2) is 9.40 Å². The summed E-state index contributed by atoms with van der Waals surface area (Å²) in [6.45, 7) is 1.01. The van der Waals surface area contributed by atoms with E-state index in [1.54, 1.807) is 19.2 Å². The fourth-order valence-electron chi connectivity index (χ4n) is 2.98. The van der Waals surface area contributed by atoms with Gasteiger partial charge in [-0.3, -0.25) is 9.59 Å². The van der Waals surface area contributed by atoms with Crippen LogP contribution in [0.5, 0.6) is 5.75 Å². The molecule has 0 radical (unpaired) electrons. The molecule has 0 aliphatic carbocycles. The molecule has 0 bridgehead atoms. The van der Waals surface area contributed by atoms with Gasteiger partial charge in [0.25, 0.3) is 0 Å². The van der Waals surface area contributed by atoms with Crippen molar-refractivity contribution in [2.24, 2.45) is 5.10 Å². The second-order valence-corrected chi connectivity index (χ2v) is 6.77. The number of nitrogens with zero attached hydrogens (tertiary/aromatic N) is 3. The van der Waals surface area contributed by atoms with Crippen LogP contribution in [0, 0.1) is 5.82 Å². The first kappa shape index (κ1) is 20.5.